The lowest BCUT2D eigenvalue weighted by Gasteiger charge is -2.12. The molecule has 0 spiro atoms. The van der Waals surface area contributed by atoms with E-state index in [1.165, 1.54) is 0 Å². The molecule has 0 saturated carbocycles. The van der Waals surface area contributed by atoms with Crippen LogP contribution in [0.15, 0.2) is 41.3 Å². The van der Waals surface area contributed by atoms with Gasteiger partial charge in [-0.3, -0.25) is 4.72 Å². The first-order valence-electron chi connectivity index (χ1n) is 6.47. The summed E-state index contributed by atoms with van der Waals surface area (Å²) in [5, 5.41) is 0. The monoisotopic (exact) mass is 289 g/mol. The number of anilines is 1. The fourth-order valence-corrected chi connectivity index (χ4v) is 3.14. The summed E-state index contributed by atoms with van der Waals surface area (Å²) in [6.45, 7) is 7.70. The zero-order valence-electron chi connectivity index (χ0n) is 12.2. The van der Waals surface area contributed by atoms with Gasteiger partial charge in [0.25, 0.3) is 10.0 Å². The third-order valence-corrected chi connectivity index (χ3v) is 4.79. The summed E-state index contributed by atoms with van der Waals surface area (Å²) >= 11 is 0. The highest BCUT2D eigenvalue weighted by Crippen LogP contribution is 2.22. The molecule has 20 heavy (non-hydrogen) atoms. The molecule has 0 aromatic heterocycles. The average Bonchev–Trinajstić information content (AvgIpc) is 2.36. The molecule has 0 bridgehead atoms. The van der Waals surface area contributed by atoms with E-state index in [1.807, 2.05) is 52.0 Å². The molecule has 0 unspecified atom stereocenters. The fourth-order valence-electron chi connectivity index (χ4n) is 1.93. The predicted molar refractivity (Wildman–Crippen MR) is 82.6 cm³/mol. The van der Waals surface area contributed by atoms with Crippen LogP contribution in [0.3, 0.4) is 0 Å². The Morgan fingerprint density at radius 3 is 2.10 bits per heavy atom. The molecule has 0 fully saturated rings. The molecule has 0 heterocycles. The summed E-state index contributed by atoms with van der Waals surface area (Å²) in [5.74, 6) is 0. The molecule has 1 N–H and O–H groups in total. The van der Waals surface area contributed by atoms with Crippen molar-refractivity contribution in [2.75, 3.05) is 4.72 Å². The number of hydrogen-bond acceptors (Lipinski definition) is 2. The molecule has 0 aliphatic rings. The van der Waals surface area contributed by atoms with Crippen molar-refractivity contribution >= 4 is 15.7 Å². The van der Waals surface area contributed by atoms with Gasteiger partial charge in [0.1, 0.15) is 0 Å². The van der Waals surface area contributed by atoms with Gasteiger partial charge >= 0.3 is 0 Å². The minimum Gasteiger partial charge on any atom is -0.279 e. The second kappa shape index (κ2) is 5.29. The van der Waals surface area contributed by atoms with Gasteiger partial charge in [-0.1, -0.05) is 18.2 Å². The van der Waals surface area contributed by atoms with E-state index in [0.717, 1.165) is 22.3 Å². The molecule has 0 aliphatic carbocycles. The normalized spacial score (nSPS) is 11.4. The lowest BCUT2D eigenvalue weighted by atomic mass is 10.1. The lowest BCUT2D eigenvalue weighted by Crippen LogP contribution is -2.14. The number of benzene rings is 2. The van der Waals surface area contributed by atoms with E-state index >= 15 is 0 Å². The molecule has 0 atom stereocenters. The van der Waals surface area contributed by atoms with Gasteiger partial charge in [-0.25, -0.2) is 8.42 Å². The molecule has 2 aromatic carbocycles. The summed E-state index contributed by atoms with van der Waals surface area (Å²) in [4.78, 5) is 0.293. The smallest absolute Gasteiger partial charge is 0.261 e. The predicted octanol–water partition coefficient (Wildman–Crippen LogP) is 3.72. The van der Waals surface area contributed by atoms with Gasteiger partial charge < -0.3 is 0 Å². The van der Waals surface area contributed by atoms with E-state index in [1.54, 1.807) is 12.1 Å². The van der Waals surface area contributed by atoms with Gasteiger partial charge in [0, 0.05) is 0 Å². The van der Waals surface area contributed by atoms with Gasteiger partial charge in [0.15, 0.2) is 0 Å². The standard InChI is InChI=1S/C16H19NO2S/c1-11-5-6-13(3)16(9-11)17-20(18,19)15-8-7-12(2)14(4)10-15/h5-10,17H,1-4H3. The Hall–Kier alpha value is -1.81. The van der Waals surface area contributed by atoms with Crippen LogP contribution >= 0.6 is 0 Å². The summed E-state index contributed by atoms with van der Waals surface area (Å²) in [6.07, 6.45) is 0. The second-order valence-corrected chi connectivity index (χ2v) is 6.85. The Kier molecular flexibility index (Phi) is 3.86. The van der Waals surface area contributed by atoms with Crippen molar-refractivity contribution in [3.63, 3.8) is 0 Å². The largest absolute Gasteiger partial charge is 0.279 e. The van der Waals surface area contributed by atoms with Crippen LogP contribution < -0.4 is 4.72 Å². The summed E-state index contributed by atoms with van der Waals surface area (Å²) < 4.78 is 27.5. The molecule has 3 nitrogen and oxygen atoms in total. The minimum atomic E-state index is -3.54. The number of aryl methyl sites for hydroxylation is 4. The van der Waals surface area contributed by atoms with E-state index in [-0.39, 0.29) is 0 Å². The van der Waals surface area contributed by atoms with Crippen molar-refractivity contribution in [2.45, 2.75) is 32.6 Å². The molecule has 0 amide bonds. The first kappa shape index (κ1) is 14.6. The Balaban J connectivity index is 2.40. The topological polar surface area (TPSA) is 46.2 Å². The van der Waals surface area contributed by atoms with Gasteiger partial charge in [-0.05, 0) is 68.1 Å². The van der Waals surface area contributed by atoms with E-state index in [0.29, 0.717) is 10.6 Å². The van der Waals surface area contributed by atoms with Crippen LogP contribution in [0.25, 0.3) is 0 Å². The van der Waals surface area contributed by atoms with Crippen LogP contribution in [0.5, 0.6) is 0 Å². The van der Waals surface area contributed by atoms with Crippen molar-refractivity contribution in [3.05, 3.63) is 58.7 Å². The summed E-state index contributed by atoms with van der Waals surface area (Å²) in [7, 11) is -3.54. The SMILES string of the molecule is Cc1ccc(C)c(NS(=O)(=O)c2ccc(C)c(C)c2)c1. The molecular formula is C16H19NO2S. The quantitative estimate of drug-likeness (QED) is 0.936. The highest BCUT2D eigenvalue weighted by atomic mass is 32.2. The molecule has 106 valence electrons. The van der Waals surface area contributed by atoms with Crippen LogP contribution in [0.1, 0.15) is 22.3 Å². The maximum absolute atomic E-state index is 12.4. The zero-order valence-corrected chi connectivity index (χ0v) is 13.0. The Morgan fingerprint density at radius 1 is 0.800 bits per heavy atom. The molecule has 2 aromatic rings. The highest BCUT2D eigenvalue weighted by Gasteiger charge is 2.15. The van der Waals surface area contributed by atoms with Crippen molar-refractivity contribution in [3.8, 4) is 0 Å². The minimum absolute atomic E-state index is 0.293. The summed E-state index contributed by atoms with van der Waals surface area (Å²) in [6, 6.07) is 10.9. The highest BCUT2D eigenvalue weighted by molar-refractivity contribution is 7.92. The number of nitrogens with one attached hydrogen (secondary N) is 1. The van der Waals surface area contributed by atoms with E-state index in [2.05, 4.69) is 4.72 Å². The zero-order chi connectivity index (χ0) is 14.9. The maximum atomic E-state index is 12.4. The number of rotatable bonds is 3. The van der Waals surface area contributed by atoms with Crippen LogP contribution in [0.2, 0.25) is 0 Å². The number of hydrogen-bond donors (Lipinski definition) is 1. The average molecular weight is 289 g/mol. The van der Waals surface area contributed by atoms with E-state index in [9.17, 15) is 8.42 Å². The Bertz CT molecular complexity index is 749. The van der Waals surface area contributed by atoms with Gasteiger partial charge in [0.05, 0.1) is 10.6 Å². The van der Waals surface area contributed by atoms with Crippen molar-refractivity contribution in [1.82, 2.24) is 0 Å². The summed E-state index contributed by atoms with van der Waals surface area (Å²) in [5.41, 5.74) is 4.60. The first-order valence-corrected chi connectivity index (χ1v) is 7.95. The van der Waals surface area contributed by atoms with Crippen LogP contribution in [-0.4, -0.2) is 8.42 Å². The molecule has 0 aliphatic heterocycles. The van der Waals surface area contributed by atoms with Gasteiger partial charge in [0.2, 0.25) is 0 Å². The Labute approximate surface area is 120 Å². The fraction of sp³-hybridized carbons (Fsp3) is 0.250. The van der Waals surface area contributed by atoms with Crippen molar-refractivity contribution < 1.29 is 8.42 Å². The molecule has 0 saturated heterocycles. The van der Waals surface area contributed by atoms with Gasteiger partial charge in [-0.2, -0.15) is 0 Å². The lowest BCUT2D eigenvalue weighted by molar-refractivity contribution is 0.601. The van der Waals surface area contributed by atoms with E-state index in [4.69, 9.17) is 0 Å². The van der Waals surface area contributed by atoms with E-state index < -0.39 is 10.0 Å². The molecular weight excluding hydrogens is 270 g/mol. The number of sulfonamides is 1. The third-order valence-electron chi connectivity index (χ3n) is 3.43. The van der Waals surface area contributed by atoms with Crippen molar-refractivity contribution in [2.24, 2.45) is 0 Å². The molecule has 4 heteroatoms. The first-order chi connectivity index (χ1) is 9.29. The van der Waals surface area contributed by atoms with Crippen LogP contribution in [0, 0.1) is 27.7 Å². The Morgan fingerprint density at radius 2 is 1.45 bits per heavy atom. The van der Waals surface area contributed by atoms with Crippen LogP contribution in [-0.2, 0) is 10.0 Å². The molecule has 0 radical (unpaired) electrons. The molecule has 2 rings (SSSR count). The van der Waals surface area contributed by atoms with Crippen molar-refractivity contribution in [1.29, 1.82) is 0 Å². The maximum Gasteiger partial charge on any atom is 0.261 e. The second-order valence-electron chi connectivity index (χ2n) is 5.17. The van der Waals surface area contributed by atoms with Gasteiger partial charge in [-0.15, -0.1) is 0 Å². The van der Waals surface area contributed by atoms with Crippen LogP contribution in [0.4, 0.5) is 5.69 Å². The third kappa shape index (κ3) is 3.02.